The van der Waals surface area contributed by atoms with E-state index >= 15 is 0 Å². The maximum Gasteiger partial charge on any atom is 0.0790 e. The van der Waals surface area contributed by atoms with Crippen LogP contribution in [0, 0.1) is 0 Å². The standard InChI is InChI=1S/C18H21ClN2/c1-2-13-21(14-12-20)18(15-6-4-3-5-7-15)16-8-10-17(19)11-9-16/h2-11,13,18H,12,14,20H2,1H3. The van der Waals surface area contributed by atoms with Gasteiger partial charge in [-0.15, -0.1) is 0 Å². The number of hydrogen-bond acceptors (Lipinski definition) is 2. The predicted octanol–water partition coefficient (Wildman–Crippen LogP) is 4.22. The fourth-order valence-corrected chi connectivity index (χ4v) is 2.61. The van der Waals surface area contributed by atoms with E-state index in [2.05, 4.69) is 47.5 Å². The number of rotatable bonds is 6. The van der Waals surface area contributed by atoms with Crippen molar-refractivity contribution in [3.05, 3.63) is 83.0 Å². The minimum absolute atomic E-state index is 0.142. The highest BCUT2D eigenvalue weighted by molar-refractivity contribution is 6.30. The molecular formula is C18H21ClN2. The molecule has 0 aliphatic rings. The van der Waals surface area contributed by atoms with Crippen molar-refractivity contribution in [2.24, 2.45) is 5.73 Å². The van der Waals surface area contributed by atoms with Gasteiger partial charge in [0, 0.05) is 18.1 Å². The van der Waals surface area contributed by atoms with Crippen LogP contribution >= 0.6 is 11.6 Å². The molecule has 0 spiro atoms. The Balaban J connectivity index is 2.45. The number of benzene rings is 2. The summed E-state index contributed by atoms with van der Waals surface area (Å²) in [4.78, 5) is 2.26. The van der Waals surface area contributed by atoms with Gasteiger partial charge in [0.05, 0.1) is 6.04 Å². The molecule has 2 nitrogen and oxygen atoms in total. The van der Waals surface area contributed by atoms with Gasteiger partial charge in [-0.25, -0.2) is 0 Å². The van der Waals surface area contributed by atoms with Crippen LogP contribution in [-0.2, 0) is 0 Å². The molecule has 0 saturated carbocycles. The van der Waals surface area contributed by atoms with Crippen molar-refractivity contribution in [2.75, 3.05) is 13.1 Å². The Kier molecular flexibility index (Phi) is 5.85. The van der Waals surface area contributed by atoms with Crippen LogP contribution in [0.3, 0.4) is 0 Å². The molecule has 0 aliphatic heterocycles. The highest BCUT2D eigenvalue weighted by Gasteiger charge is 2.19. The van der Waals surface area contributed by atoms with Crippen LogP contribution < -0.4 is 5.73 Å². The Morgan fingerprint density at radius 3 is 2.24 bits per heavy atom. The molecule has 0 amide bonds. The van der Waals surface area contributed by atoms with Gasteiger partial charge < -0.3 is 10.6 Å². The molecule has 3 heteroatoms. The van der Waals surface area contributed by atoms with Gasteiger partial charge in [-0.05, 0) is 36.4 Å². The zero-order chi connectivity index (χ0) is 15.1. The fraction of sp³-hybridized carbons (Fsp3) is 0.222. The quantitative estimate of drug-likeness (QED) is 0.865. The van der Waals surface area contributed by atoms with E-state index in [1.807, 2.05) is 31.2 Å². The summed E-state index contributed by atoms with van der Waals surface area (Å²) in [6, 6.07) is 18.6. The third-order valence-corrected chi connectivity index (χ3v) is 3.61. The first-order valence-corrected chi connectivity index (χ1v) is 7.53. The van der Waals surface area contributed by atoms with Crippen molar-refractivity contribution >= 4 is 11.6 Å². The number of nitrogens with two attached hydrogens (primary N) is 1. The molecule has 0 heterocycles. The summed E-state index contributed by atoms with van der Waals surface area (Å²) in [5, 5.41) is 0.752. The molecule has 21 heavy (non-hydrogen) atoms. The highest BCUT2D eigenvalue weighted by Crippen LogP contribution is 2.29. The Morgan fingerprint density at radius 2 is 1.67 bits per heavy atom. The molecule has 2 N–H and O–H groups in total. The van der Waals surface area contributed by atoms with Gasteiger partial charge in [0.1, 0.15) is 0 Å². The normalized spacial score (nSPS) is 12.5. The van der Waals surface area contributed by atoms with Crippen LogP contribution in [0.1, 0.15) is 24.1 Å². The minimum atomic E-state index is 0.142. The summed E-state index contributed by atoms with van der Waals surface area (Å²) in [7, 11) is 0. The lowest BCUT2D eigenvalue weighted by Crippen LogP contribution is -2.29. The summed E-state index contributed by atoms with van der Waals surface area (Å²) in [6.07, 6.45) is 4.14. The predicted molar refractivity (Wildman–Crippen MR) is 90.3 cm³/mol. The second-order valence-electron chi connectivity index (χ2n) is 4.87. The molecular weight excluding hydrogens is 280 g/mol. The maximum absolute atomic E-state index is 6.02. The van der Waals surface area contributed by atoms with E-state index in [4.69, 9.17) is 17.3 Å². The average molecular weight is 301 g/mol. The Bertz CT molecular complexity index is 564. The monoisotopic (exact) mass is 300 g/mol. The van der Waals surface area contributed by atoms with Crippen LogP contribution in [0.2, 0.25) is 5.02 Å². The van der Waals surface area contributed by atoms with Gasteiger partial charge in [-0.3, -0.25) is 0 Å². The molecule has 2 aromatic rings. The first-order valence-electron chi connectivity index (χ1n) is 7.15. The Labute approximate surface area is 131 Å². The molecule has 2 aromatic carbocycles. The molecule has 1 atom stereocenters. The average Bonchev–Trinajstić information content (AvgIpc) is 2.51. The SMILES string of the molecule is CC=CN(CCN)C(c1ccccc1)c1ccc(Cl)cc1. The van der Waals surface area contributed by atoms with E-state index in [-0.39, 0.29) is 6.04 Å². The van der Waals surface area contributed by atoms with E-state index < -0.39 is 0 Å². The zero-order valence-electron chi connectivity index (χ0n) is 12.2. The molecule has 0 bridgehead atoms. The smallest absolute Gasteiger partial charge is 0.0790 e. The Hall–Kier alpha value is -1.77. The Morgan fingerprint density at radius 1 is 1.05 bits per heavy atom. The second kappa shape index (κ2) is 7.87. The van der Waals surface area contributed by atoms with E-state index in [9.17, 15) is 0 Å². The fourth-order valence-electron chi connectivity index (χ4n) is 2.49. The first kappa shape index (κ1) is 15.6. The number of allylic oxidation sites excluding steroid dienone is 1. The summed E-state index contributed by atoms with van der Waals surface area (Å²) < 4.78 is 0. The second-order valence-corrected chi connectivity index (χ2v) is 5.31. The number of nitrogens with zero attached hydrogens (tertiary/aromatic N) is 1. The van der Waals surface area contributed by atoms with Crippen molar-refractivity contribution in [1.82, 2.24) is 4.90 Å². The maximum atomic E-state index is 6.02. The van der Waals surface area contributed by atoms with Gasteiger partial charge in [0.15, 0.2) is 0 Å². The van der Waals surface area contributed by atoms with E-state index in [0.717, 1.165) is 11.6 Å². The number of hydrogen-bond donors (Lipinski definition) is 1. The zero-order valence-corrected chi connectivity index (χ0v) is 13.0. The summed E-state index contributed by atoms with van der Waals surface area (Å²) >= 11 is 6.02. The lowest BCUT2D eigenvalue weighted by atomic mass is 9.97. The van der Waals surface area contributed by atoms with Gasteiger partial charge in [0.25, 0.3) is 0 Å². The molecule has 0 aromatic heterocycles. The van der Waals surface area contributed by atoms with Crippen LogP contribution in [0.15, 0.2) is 66.9 Å². The minimum Gasteiger partial charge on any atom is -0.365 e. The van der Waals surface area contributed by atoms with Gasteiger partial charge in [-0.2, -0.15) is 0 Å². The molecule has 2 rings (SSSR count). The van der Waals surface area contributed by atoms with E-state index in [1.54, 1.807) is 0 Å². The third kappa shape index (κ3) is 4.10. The van der Waals surface area contributed by atoms with Gasteiger partial charge >= 0.3 is 0 Å². The molecule has 1 unspecified atom stereocenters. The number of halogens is 1. The molecule has 0 saturated heterocycles. The van der Waals surface area contributed by atoms with E-state index in [1.165, 1.54) is 11.1 Å². The summed E-state index contributed by atoms with van der Waals surface area (Å²) in [5.74, 6) is 0. The van der Waals surface area contributed by atoms with Crippen molar-refractivity contribution in [3.8, 4) is 0 Å². The summed E-state index contributed by atoms with van der Waals surface area (Å²) in [6.45, 7) is 3.43. The first-order chi connectivity index (χ1) is 10.3. The molecule has 0 fully saturated rings. The van der Waals surface area contributed by atoms with Crippen molar-refractivity contribution in [2.45, 2.75) is 13.0 Å². The molecule has 110 valence electrons. The van der Waals surface area contributed by atoms with E-state index in [0.29, 0.717) is 6.54 Å². The largest absolute Gasteiger partial charge is 0.365 e. The van der Waals surface area contributed by atoms with Crippen molar-refractivity contribution in [1.29, 1.82) is 0 Å². The van der Waals surface area contributed by atoms with Crippen LogP contribution in [0.25, 0.3) is 0 Å². The van der Waals surface area contributed by atoms with Crippen molar-refractivity contribution in [3.63, 3.8) is 0 Å². The van der Waals surface area contributed by atoms with Gasteiger partial charge in [-0.1, -0.05) is 60.1 Å². The lowest BCUT2D eigenvalue weighted by Gasteiger charge is -2.31. The molecule has 0 radical (unpaired) electrons. The van der Waals surface area contributed by atoms with Crippen molar-refractivity contribution < 1.29 is 0 Å². The van der Waals surface area contributed by atoms with Gasteiger partial charge in [0.2, 0.25) is 0 Å². The van der Waals surface area contributed by atoms with Crippen LogP contribution in [0.4, 0.5) is 0 Å². The third-order valence-electron chi connectivity index (χ3n) is 3.36. The van der Waals surface area contributed by atoms with Crippen LogP contribution in [0.5, 0.6) is 0 Å². The van der Waals surface area contributed by atoms with Crippen LogP contribution in [-0.4, -0.2) is 18.0 Å². The summed E-state index contributed by atoms with van der Waals surface area (Å²) in [5.41, 5.74) is 8.23. The highest BCUT2D eigenvalue weighted by atomic mass is 35.5. The molecule has 0 aliphatic carbocycles. The topological polar surface area (TPSA) is 29.3 Å². The lowest BCUT2D eigenvalue weighted by molar-refractivity contribution is 0.325.